The number of ether oxygens (including phenoxy) is 1. The summed E-state index contributed by atoms with van der Waals surface area (Å²) in [4.78, 5) is 15.2. The van der Waals surface area contributed by atoms with Crippen LogP contribution in [0.2, 0.25) is 0 Å². The summed E-state index contributed by atoms with van der Waals surface area (Å²) in [5.41, 5.74) is 1.38. The van der Waals surface area contributed by atoms with Crippen LogP contribution in [0.3, 0.4) is 0 Å². The van der Waals surface area contributed by atoms with E-state index in [1.165, 1.54) is 12.1 Å². The highest BCUT2D eigenvalue weighted by Gasteiger charge is 2.10. The molecule has 1 aromatic carbocycles. The summed E-state index contributed by atoms with van der Waals surface area (Å²) in [6, 6.07) is 13.4. The van der Waals surface area contributed by atoms with Gasteiger partial charge in [-0.25, -0.2) is 14.4 Å². The lowest BCUT2D eigenvalue weighted by molar-refractivity contribution is 0.299. The number of rotatable bonds is 5. The fraction of sp³-hybridized carbons (Fsp3) is 0.167. The summed E-state index contributed by atoms with van der Waals surface area (Å²) >= 11 is 0. The maximum Gasteiger partial charge on any atom is 0.180 e. The van der Waals surface area contributed by atoms with Crippen LogP contribution < -0.4 is 9.64 Å². The van der Waals surface area contributed by atoms with Gasteiger partial charge in [0, 0.05) is 32.4 Å². The highest BCUT2D eigenvalue weighted by Crippen LogP contribution is 2.19. The topological polar surface area (TPSA) is 51.1 Å². The van der Waals surface area contributed by atoms with Crippen LogP contribution in [0, 0.1) is 5.82 Å². The third kappa shape index (κ3) is 3.84. The standard InChI is InChI=1S/C18H17FN4O/c1-23(2)17-11-14(12-24-15-7-5-6-13(19)10-15)21-18(22-17)16-8-3-4-9-20-16/h3-11H,12H2,1-2H3. The Morgan fingerprint density at radius 2 is 1.92 bits per heavy atom. The third-order valence-electron chi connectivity index (χ3n) is 3.30. The van der Waals surface area contributed by atoms with Crippen LogP contribution in [-0.2, 0) is 6.61 Å². The molecule has 122 valence electrons. The van der Waals surface area contributed by atoms with E-state index in [-0.39, 0.29) is 12.4 Å². The van der Waals surface area contributed by atoms with Gasteiger partial charge in [-0.2, -0.15) is 0 Å². The molecule has 0 atom stereocenters. The molecule has 2 aromatic heterocycles. The van der Waals surface area contributed by atoms with Crippen molar-refractivity contribution in [3.05, 3.63) is 66.2 Å². The summed E-state index contributed by atoms with van der Waals surface area (Å²) in [5.74, 6) is 1.40. The molecular weight excluding hydrogens is 307 g/mol. The highest BCUT2D eigenvalue weighted by molar-refractivity contribution is 5.53. The van der Waals surface area contributed by atoms with Gasteiger partial charge in [-0.15, -0.1) is 0 Å². The second kappa shape index (κ2) is 7.04. The van der Waals surface area contributed by atoms with E-state index in [1.54, 1.807) is 18.3 Å². The number of anilines is 1. The summed E-state index contributed by atoms with van der Waals surface area (Å²) in [7, 11) is 3.81. The molecule has 0 aliphatic carbocycles. The van der Waals surface area contributed by atoms with Gasteiger partial charge in [-0.1, -0.05) is 12.1 Å². The van der Waals surface area contributed by atoms with Gasteiger partial charge < -0.3 is 9.64 Å². The van der Waals surface area contributed by atoms with Crippen LogP contribution in [0.5, 0.6) is 5.75 Å². The third-order valence-corrected chi connectivity index (χ3v) is 3.30. The molecule has 0 radical (unpaired) electrons. The molecule has 3 aromatic rings. The Hall–Kier alpha value is -3.02. The van der Waals surface area contributed by atoms with Crippen molar-refractivity contribution in [3.8, 4) is 17.3 Å². The highest BCUT2D eigenvalue weighted by atomic mass is 19.1. The van der Waals surface area contributed by atoms with E-state index >= 15 is 0 Å². The molecule has 24 heavy (non-hydrogen) atoms. The molecule has 5 nitrogen and oxygen atoms in total. The van der Waals surface area contributed by atoms with Gasteiger partial charge in [0.2, 0.25) is 0 Å². The smallest absolute Gasteiger partial charge is 0.180 e. The van der Waals surface area contributed by atoms with Gasteiger partial charge in [-0.05, 0) is 24.3 Å². The molecule has 0 fully saturated rings. The zero-order valence-electron chi connectivity index (χ0n) is 13.5. The number of hydrogen-bond donors (Lipinski definition) is 0. The Labute approximate surface area is 139 Å². The molecule has 0 aliphatic heterocycles. The van der Waals surface area contributed by atoms with Gasteiger partial charge in [0.05, 0.1) is 5.69 Å². The number of halogens is 1. The number of pyridine rings is 1. The zero-order valence-corrected chi connectivity index (χ0v) is 13.5. The van der Waals surface area contributed by atoms with Crippen LogP contribution in [0.1, 0.15) is 5.69 Å². The number of hydrogen-bond acceptors (Lipinski definition) is 5. The lowest BCUT2D eigenvalue weighted by Crippen LogP contribution is -2.13. The lowest BCUT2D eigenvalue weighted by Gasteiger charge is -2.14. The number of nitrogens with zero attached hydrogens (tertiary/aromatic N) is 4. The van der Waals surface area contributed by atoms with Crippen molar-refractivity contribution in [2.45, 2.75) is 6.61 Å². The van der Waals surface area contributed by atoms with E-state index in [1.807, 2.05) is 43.3 Å². The monoisotopic (exact) mass is 324 g/mol. The van der Waals surface area contributed by atoms with Gasteiger partial charge in [-0.3, -0.25) is 4.98 Å². The first-order valence-electron chi connectivity index (χ1n) is 7.47. The first kappa shape index (κ1) is 15.9. The molecule has 0 unspecified atom stereocenters. The molecule has 3 rings (SSSR count). The van der Waals surface area contributed by atoms with Crippen molar-refractivity contribution in [3.63, 3.8) is 0 Å². The minimum absolute atomic E-state index is 0.215. The lowest BCUT2D eigenvalue weighted by atomic mass is 10.3. The van der Waals surface area contributed by atoms with Crippen molar-refractivity contribution in [2.24, 2.45) is 0 Å². The fourth-order valence-electron chi connectivity index (χ4n) is 2.11. The van der Waals surface area contributed by atoms with Crippen molar-refractivity contribution >= 4 is 5.82 Å². The Morgan fingerprint density at radius 1 is 1.04 bits per heavy atom. The van der Waals surface area contributed by atoms with Crippen LogP contribution in [-0.4, -0.2) is 29.0 Å². The average molecular weight is 324 g/mol. The molecule has 2 heterocycles. The van der Waals surface area contributed by atoms with Gasteiger partial charge in [0.25, 0.3) is 0 Å². The second-order valence-electron chi connectivity index (χ2n) is 5.40. The van der Waals surface area contributed by atoms with Crippen LogP contribution in [0.4, 0.5) is 10.2 Å². The Balaban J connectivity index is 1.88. The minimum Gasteiger partial charge on any atom is -0.487 e. The molecule has 0 saturated heterocycles. The van der Waals surface area contributed by atoms with Crippen molar-refractivity contribution < 1.29 is 9.13 Å². The summed E-state index contributed by atoms with van der Waals surface area (Å²) < 4.78 is 18.9. The van der Waals surface area contributed by atoms with E-state index in [2.05, 4.69) is 15.0 Å². The molecule has 0 amide bonds. The van der Waals surface area contributed by atoms with Gasteiger partial charge in [0.1, 0.15) is 29.7 Å². The minimum atomic E-state index is -0.335. The summed E-state index contributed by atoms with van der Waals surface area (Å²) in [5, 5.41) is 0. The quantitative estimate of drug-likeness (QED) is 0.720. The maximum atomic E-state index is 13.2. The van der Waals surface area contributed by atoms with E-state index in [4.69, 9.17) is 4.74 Å². The molecule has 0 bridgehead atoms. The maximum absolute atomic E-state index is 13.2. The first-order valence-corrected chi connectivity index (χ1v) is 7.47. The Bertz CT molecular complexity index is 824. The normalized spacial score (nSPS) is 10.5. The SMILES string of the molecule is CN(C)c1cc(COc2cccc(F)c2)nc(-c2ccccn2)n1. The van der Waals surface area contributed by atoms with E-state index in [0.29, 0.717) is 23.0 Å². The van der Waals surface area contributed by atoms with Crippen molar-refractivity contribution in [1.29, 1.82) is 0 Å². The van der Waals surface area contributed by atoms with Crippen LogP contribution in [0.15, 0.2) is 54.7 Å². The van der Waals surface area contributed by atoms with Crippen molar-refractivity contribution in [2.75, 3.05) is 19.0 Å². The fourth-order valence-corrected chi connectivity index (χ4v) is 2.11. The average Bonchev–Trinajstić information content (AvgIpc) is 2.60. The first-order chi connectivity index (χ1) is 11.6. The predicted octanol–water partition coefficient (Wildman–Crippen LogP) is 3.32. The molecule has 0 spiro atoms. The molecule has 0 saturated carbocycles. The number of aromatic nitrogens is 3. The van der Waals surface area contributed by atoms with Crippen LogP contribution in [0.25, 0.3) is 11.5 Å². The Morgan fingerprint density at radius 3 is 2.62 bits per heavy atom. The van der Waals surface area contributed by atoms with E-state index < -0.39 is 0 Å². The molecule has 6 heteroatoms. The van der Waals surface area contributed by atoms with E-state index in [0.717, 1.165) is 5.82 Å². The summed E-state index contributed by atoms with van der Waals surface area (Å²) in [6.07, 6.45) is 1.70. The number of benzene rings is 1. The van der Waals surface area contributed by atoms with Crippen molar-refractivity contribution in [1.82, 2.24) is 15.0 Å². The predicted molar refractivity (Wildman–Crippen MR) is 90.3 cm³/mol. The van der Waals surface area contributed by atoms with E-state index in [9.17, 15) is 4.39 Å². The Kier molecular flexibility index (Phi) is 4.65. The van der Waals surface area contributed by atoms with Crippen LogP contribution >= 0.6 is 0 Å². The second-order valence-corrected chi connectivity index (χ2v) is 5.40. The summed E-state index contributed by atoms with van der Waals surface area (Å²) in [6.45, 7) is 0.215. The molecule has 0 aliphatic rings. The molecular formula is C18H17FN4O. The zero-order chi connectivity index (χ0) is 16.9. The van der Waals surface area contributed by atoms with Gasteiger partial charge in [0.15, 0.2) is 5.82 Å². The largest absolute Gasteiger partial charge is 0.487 e. The molecule has 0 N–H and O–H groups in total. The van der Waals surface area contributed by atoms with Gasteiger partial charge >= 0.3 is 0 Å².